The fourth-order valence-corrected chi connectivity index (χ4v) is 1.60. The Hall–Kier alpha value is -1.81. The Labute approximate surface area is 98.9 Å². The van der Waals surface area contributed by atoms with E-state index in [-0.39, 0.29) is 11.5 Å². The maximum absolute atomic E-state index is 11.9. The lowest BCUT2D eigenvalue weighted by molar-refractivity contribution is 0.0672. The number of aryl methyl sites for hydroxylation is 1. The van der Waals surface area contributed by atoms with Gasteiger partial charge in [0.05, 0.1) is 6.26 Å². The highest BCUT2D eigenvalue weighted by molar-refractivity contribution is 5.97. The highest BCUT2D eigenvalue weighted by Gasteiger charge is 2.24. The molecule has 4 nitrogen and oxygen atoms in total. The third-order valence-corrected chi connectivity index (χ3v) is 2.46. The number of ketones is 1. The van der Waals surface area contributed by atoms with Gasteiger partial charge in [-0.2, -0.15) is 0 Å². The maximum Gasteiger partial charge on any atom is 0.234 e. The summed E-state index contributed by atoms with van der Waals surface area (Å²) in [4.78, 5) is 11.9. The molecule has 0 saturated heterocycles. The Morgan fingerprint density at radius 1 is 1.41 bits per heavy atom. The van der Waals surface area contributed by atoms with Crippen LogP contribution in [0.15, 0.2) is 39.4 Å². The van der Waals surface area contributed by atoms with Crippen molar-refractivity contribution in [2.75, 3.05) is 0 Å². The van der Waals surface area contributed by atoms with Crippen molar-refractivity contribution in [2.45, 2.75) is 25.9 Å². The molecule has 2 rings (SSSR count). The molecule has 0 bridgehead atoms. The predicted molar refractivity (Wildman–Crippen MR) is 60.7 cm³/mol. The lowest BCUT2D eigenvalue weighted by atomic mass is 10.1. The van der Waals surface area contributed by atoms with Gasteiger partial charge in [0.25, 0.3) is 0 Å². The average molecular weight is 234 g/mol. The van der Waals surface area contributed by atoms with Gasteiger partial charge in [0, 0.05) is 6.42 Å². The molecule has 4 heteroatoms. The first kappa shape index (κ1) is 11.7. The molecule has 0 aliphatic rings. The molecule has 0 fully saturated rings. The second-order valence-corrected chi connectivity index (χ2v) is 3.80. The molecule has 0 aromatic carbocycles. The van der Waals surface area contributed by atoms with E-state index in [0.717, 1.165) is 18.6 Å². The molecular formula is C13H14O4. The fourth-order valence-electron chi connectivity index (χ4n) is 1.60. The first-order valence-electron chi connectivity index (χ1n) is 5.56. The van der Waals surface area contributed by atoms with E-state index in [0.29, 0.717) is 0 Å². The van der Waals surface area contributed by atoms with E-state index in [1.54, 1.807) is 24.3 Å². The van der Waals surface area contributed by atoms with Crippen molar-refractivity contribution in [3.63, 3.8) is 0 Å². The minimum absolute atomic E-state index is 0.164. The van der Waals surface area contributed by atoms with Crippen molar-refractivity contribution in [1.29, 1.82) is 0 Å². The van der Waals surface area contributed by atoms with Crippen LogP contribution in [0.4, 0.5) is 0 Å². The Morgan fingerprint density at radius 3 is 2.88 bits per heavy atom. The summed E-state index contributed by atoms with van der Waals surface area (Å²) >= 11 is 0. The molecule has 0 amide bonds. The van der Waals surface area contributed by atoms with Gasteiger partial charge in [0.1, 0.15) is 11.5 Å². The van der Waals surface area contributed by atoms with Crippen molar-refractivity contribution >= 4 is 5.78 Å². The molecule has 0 spiro atoms. The quantitative estimate of drug-likeness (QED) is 0.808. The summed E-state index contributed by atoms with van der Waals surface area (Å²) in [5, 5.41) is 9.77. The van der Waals surface area contributed by atoms with Gasteiger partial charge in [-0.1, -0.05) is 6.92 Å². The SMILES string of the molecule is CCCc1ccc(C(=O)C(O)c2ccco2)o1. The van der Waals surface area contributed by atoms with Crippen molar-refractivity contribution in [3.05, 3.63) is 47.8 Å². The standard InChI is InChI=1S/C13H14O4/c1-2-4-9-6-7-11(17-9)13(15)12(14)10-5-3-8-16-10/h3,5-8,12,14H,2,4H2,1H3. The van der Waals surface area contributed by atoms with Crippen molar-refractivity contribution in [2.24, 2.45) is 0 Å². The highest BCUT2D eigenvalue weighted by atomic mass is 16.4. The third-order valence-electron chi connectivity index (χ3n) is 2.46. The number of rotatable bonds is 5. The Bertz CT molecular complexity index is 481. The molecule has 0 radical (unpaired) electrons. The van der Waals surface area contributed by atoms with Gasteiger partial charge >= 0.3 is 0 Å². The molecule has 1 unspecified atom stereocenters. The molecule has 1 N–H and O–H groups in total. The number of aliphatic hydroxyl groups excluding tert-OH is 1. The molecule has 0 saturated carbocycles. The van der Waals surface area contributed by atoms with Gasteiger partial charge in [0.15, 0.2) is 11.9 Å². The van der Waals surface area contributed by atoms with E-state index in [2.05, 4.69) is 0 Å². The third kappa shape index (κ3) is 2.47. The van der Waals surface area contributed by atoms with Gasteiger partial charge in [-0.15, -0.1) is 0 Å². The maximum atomic E-state index is 11.9. The molecule has 0 aliphatic heterocycles. The minimum Gasteiger partial charge on any atom is -0.466 e. The van der Waals surface area contributed by atoms with Crippen molar-refractivity contribution in [3.8, 4) is 0 Å². The number of hydrogen-bond donors (Lipinski definition) is 1. The van der Waals surface area contributed by atoms with Crippen LogP contribution in [0.25, 0.3) is 0 Å². The summed E-state index contributed by atoms with van der Waals surface area (Å²) in [5.74, 6) is 0.658. The predicted octanol–water partition coefficient (Wildman–Crippen LogP) is 2.74. The van der Waals surface area contributed by atoms with Gasteiger partial charge in [-0.05, 0) is 30.7 Å². The summed E-state index contributed by atoms with van der Waals surface area (Å²) in [6.45, 7) is 2.03. The molecule has 2 heterocycles. The Balaban J connectivity index is 2.13. The molecule has 2 aromatic heterocycles. The normalized spacial score (nSPS) is 12.6. The smallest absolute Gasteiger partial charge is 0.234 e. The first-order chi connectivity index (χ1) is 8.22. The van der Waals surface area contributed by atoms with Crippen LogP contribution >= 0.6 is 0 Å². The van der Waals surface area contributed by atoms with Gasteiger partial charge in [-0.3, -0.25) is 4.79 Å². The summed E-state index contributed by atoms with van der Waals surface area (Å²) < 4.78 is 10.3. The van der Waals surface area contributed by atoms with E-state index >= 15 is 0 Å². The Kier molecular flexibility index (Phi) is 3.44. The van der Waals surface area contributed by atoms with Crippen LogP contribution < -0.4 is 0 Å². The molecule has 90 valence electrons. The topological polar surface area (TPSA) is 63.6 Å². The van der Waals surface area contributed by atoms with Crippen LogP contribution in [0.3, 0.4) is 0 Å². The number of hydrogen-bond acceptors (Lipinski definition) is 4. The Morgan fingerprint density at radius 2 is 2.24 bits per heavy atom. The lowest BCUT2D eigenvalue weighted by Crippen LogP contribution is -2.10. The molecule has 1 atom stereocenters. The number of furan rings is 2. The van der Waals surface area contributed by atoms with Crippen molar-refractivity contribution < 1.29 is 18.7 Å². The van der Waals surface area contributed by atoms with E-state index < -0.39 is 11.9 Å². The zero-order valence-corrected chi connectivity index (χ0v) is 9.55. The summed E-state index contributed by atoms with van der Waals surface area (Å²) in [5.41, 5.74) is 0. The average Bonchev–Trinajstić information content (AvgIpc) is 2.98. The van der Waals surface area contributed by atoms with Crippen LogP contribution in [-0.4, -0.2) is 10.9 Å². The number of carbonyl (C=O) groups is 1. The monoisotopic (exact) mass is 234 g/mol. The van der Waals surface area contributed by atoms with Gasteiger partial charge in [0.2, 0.25) is 5.78 Å². The van der Waals surface area contributed by atoms with Crippen LogP contribution in [0, 0.1) is 0 Å². The second kappa shape index (κ2) is 5.01. The number of carbonyl (C=O) groups excluding carboxylic acids is 1. The molecule has 2 aromatic rings. The zero-order valence-electron chi connectivity index (χ0n) is 9.55. The molecule has 17 heavy (non-hydrogen) atoms. The van der Waals surface area contributed by atoms with E-state index in [4.69, 9.17) is 8.83 Å². The van der Waals surface area contributed by atoms with Crippen LogP contribution in [0.2, 0.25) is 0 Å². The summed E-state index contributed by atoms with van der Waals surface area (Å²) in [6.07, 6.45) is 1.84. The summed E-state index contributed by atoms with van der Waals surface area (Å²) in [6, 6.07) is 6.51. The second-order valence-electron chi connectivity index (χ2n) is 3.80. The summed E-state index contributed by atoms with van der Waals surface area (Å²) in [7, 11) is 0. The molecule has 0 aliphatic carbocycles. The highest BCUT2D eigenvalue weighted by Crippen LogP contribution is 2.20. The zero-order chi connectivity index (χ0) is 12.3. The fraction of sp³-hybridized carbons (Fsp3) is 0.308. The van der Waals surface area contributed by atoms with E-state index in [9.17, 15) is 9.90 Å². The first-order valence-corrected chi connectivity index (χ1v) is 5.56. The lowest BCUT2D eigenvalue weighted by Gasteiger charge is -2.03. The largest absolute Gasteiger partial charge is 0.466 e. The van der Waals surface area contributed by atoms with Gasteiger partial charge in [-0.25, -0.2) is 0 Å². The minimum atomic E-state index is -1.30. The molecular weight excluding hydrogens is 220 g/mol. The van der Waals surface area contributed by atoms with Crippen LogP contribution in [0.5, 0.6) is 0 Å². The number of Topliss-reactive ketones (excluding diaryl/α,β-unsaturated/α-hetero) is 1. The van der Waals surface area contributed by atoms with Gasteiger partial charge < -0.3 is 13.9 Å². The van der Waals surface area contributed by atoms with E-state index in [1.165, 1.54) is 6.26 Å². The number of aliphatic hydroxyl groups is 1. The van der Waals surface area contributed by atoms with Crippen LogP contribution in [0.1, 0.15) is 41.5 Å². The van der Waals surface area contributed by atoms with E-state index in [1.807, 2.05) is 6.92 Å². The van der Waals surface area contributed by atoms with Crippen LogP contribution in [-0.2, 0) is 6.42 Å². The van der Waals surface area contributed by atoms with Crippen molar-refractivity contribution in [1.82, 2.24) is 0 Å².